The van der Waals surface area contributed by atoms with Gasteiger partial charge in [-0.3, -0.25) is 0 Å². The molecule has 0 unspecified atom stereocenters. The molecule has 1 heteroatoms. The van der Waals surface area contributed by atoms with Crippen molar-refractivity contribution in [3.8, 4) is 5.75 Å². The minimum atomic E-state index is 0.358. The van der Waals surface area contributed by atoms with Crippen molar-refractivity contribution in [2.45, 2.75) is 25.7 Å². The second kappa shape index (κ2) is 4.92. The molecule has 1 N–H and O–H groups in total. The quantitative estimate of drug-likeness (QED) is 0.643. The van der Waals surface area contributed by atoms with E-state index in [1.54, 1.807) is 6.07 Å². The van der Waals surface area contributed by atoms with Gasteiger partial charge in [0.05, 0.1) is 0 Å². The smallest absolute Gasteiger partial charge is 0.116 e. The van der Waals surface area contributed by atoms with Crippen LogP contribution in [0.5, 0.6) is 5.75 Å². The molecule has 4 aliphatic rings. The van der Waals surface area contributed by atoms with Crippen molar-refractivity contribution in [1.29, 1.82) is 0 Å². The number of benzene rings is 3. The fourth-order valence-corrected chi connectivity index (χ4v) is 3.33. The summed E-state index contributed by atoms with van der Waals surface area (Å²) < 4.78 is 0. The molecule has 0 aromatic heterocycles. The first-order valence-electron chi connectivity index (χ1n) is 7.61. The van der Waals surface area contributed by atoms with Crippen molar-refractivity contribution in [3.63, 3.8) is 0 Å². The third kappa shape index (κ3) is 2.29. The molecule has 0 atom stereocenters. The maximum absolute atomic E-state index is 9.83. The number of aromatic hydroxyl groups is 1. The third-order valence-corrected chi connectivity index (χ3v) is 4.57. The molecule has 0 saturated carbocycles. The van der Waals surface area contributed by atoms with Gasteiger partial charge in [0.25, 0.3) is 0 Å². The maximum atomic E-state index is 9.83. The number of hydrogen-bond donors (Lipinski definition) is 1. The summed E-state index contributed by atoms with van der Waals surface area (Å²) >= 11 is 0. The Bertz CT molecular complexity index is 800. The number of hydrogen-bond acceptors (Lipinski definition) is 1. The zero-order valence-electron chi connectivity index (χ0n) is 12.0. The maximum Gasteiger partial charge on any atom is 0.116 e. The van der Waals surface area contributed by atoms with Crippen LogP contribution < -0.4 is 0 Å². The van der Waals surface area contributed by atoms with E-state index < -0.39 is 0 Å². The van der Waals surface area contributed by atoms with Crippen molar-refractivity contribution in [2.24, 2.45) is 0 Å². The Hall–Kier alpha value is -2.28. The van der Waals surface area contributed by atoms with Crippen molar-refractivity contribution >= 4 is 10.8 Å². The Kier molecular flexibility index (Phi) is 2.92. The molecule has 0 aliphatic heterocycles. The van der Waals surface area contributed by atoms with Crippen LogP contribution in [0.1, 0.15) is 22.3 Å². The van der Waals surface area contributed by atoms with Crippen molar-refractivity contribution in [1.82, 2.24) is 0 Å². The minimum Gasteiger partial charge on any atom is -0.508 e. The summed E-state index contributed by atoms with van der Waals surface area (Å²) in [6.07, 6.45) is 4.17. The SMILES string of the molecule is Oc1ccc2c3ccc(c2c1)CCc1ccc(cc1)CC3. The first-order chi connectivity index (χ1) is 10.3. The lowest BCUT2D eigenvalue weighted by molar-refractivity contribution is 0.476. The molecular formula is C20H18O. The molecule has 3 aromatic carbocycles. The lowest BCUT2D eigenvalue weighted by atomic mass is 9.91. The molecule has 0 saturated heterocycles. The molecule has 104 valence electrons. The monoisotopic (exact) mass is 274 g/mol. The van der Waals surface area contributed by atoms with Gasteiger partial charge < -0.3 is 5.11 Å². The van der Waals surface area contributed by atoms with Crippen LogP contribution in [0.2, 0.25) is 0 Å². The lowest BCUT2D eigenvalue weighted by Gasteiger charge is -2.14. The highest BCUT2D eigenvalue weighted by atomic mass is 16.3. The highest BCUT2D eigenvalue weighted by molar-refractivity contribution is 5.90. The highest BCUT2D eigenvalue weighted by Crippen LogP contribution is 2.29. The van der Waals surface area contributed by atoms with Crippen LogP contribution in [-0.2, 0) is 25.7 Å². The molecule has 0 amide bonds. The second-order valence-corrected chi connectivity index (χ2v) is 5.93. The van der Waals surface area contributed by atoms with Gasteiger partial charge in [-0.1, -0.05) is 42.5 Å². The summed E-state index contributed by atoms with van der Waals surface area (Å²) in [5.74, 6) is 0.358. The van der Waals surface area contributed by atoms with E-state index in [1.165, 1.54) is 33.0 Å². The van der Waals surface area contributed by atoms with E-state index in [9.17, 15) is 5.11 Å². The first kappa shape index (κ1) is 12.5. The normalized spacial score (nSPS) is 14.1. The molecule has 21 heavy (non-hydrogen) atoms. The highest BCUT2D eigenvalue weighted by Gasteiger charge is 2.09. The van der Waals surface area contributed by atoms with Crippen LogP contribution in [0, 0.1) is 0 Å². The zero-order chi connectivity index (χ0) is 14.2. The van der Waals surface area contributed by atoms with Crippen LogP contribution in [0.25, 0.3) is 10.8 Å². The van der Waals surface area contributed by atoms with Crippen LogP contribution in [-0.4, -0.2) is 5.11 Å². The summed E-state index contributed by atoms with van der Waals surface area (Å²) in [4.78, 5) is 0. The van der Waals surface area contributed by atoms with Gasteiger partial charge in [0.15, 0.2) is 0 Å². The molecule has 1 nitrogen and oxygen atoms in total. The molecule has 3 aromatic rings. The van der Waals surface area contributed by atoms with E-state index in [0.29, 0.717) is 5.75 Å². The number of rotatable bonds is 0. The molecular weight excluding hydrogens is 256 g/mol. The number of phenolic OH excluding ortho intramolecular Hbond substituents is 1. The Morgan fingerprint density at radius 1 is 0.571 bits per heavy atom. The average molecular weight is 274 g/mol. The number of aryl methyl sites for hydroxylation is 4. The predicted octanol–water partition coefficient (Wildman–Crippen LogP) is 4.43. The molecule has 7 rings (SSSR count). The fraction of sp³-hybridized carbons (Fsp3) is 0.200. The molecule has 4 aliphatic carbocycles. The average Bonchev–Trinajstić information content (AvgIpc) is 2.50. The largest absolute Gasteiger partial charge is 0.508 e. The Morgan fingerprint density at radius 2 is 1.14 bits per heavy atom. The van der Waals surface area contributed by atoms with E-state index in [-0.39, 0.29) is 0 Å². The van der Waals surface area contributed by atoms with Crippen molar-refractivity contribution in [2.75, 3.05) is 0 Å². The van der Waals surface area contributed by atoms with Gasteiger partial charge in [-0.2, -0.15) is 0 Å². The van der Waals surface area contributed by atoms with E-state index >= 15 is 0 Å². The van der Waals surface area contributed by atoms with Crippen LogP contribution >= 0.6 is 0 Å². The van der Waals surface area contributed by atoms with E-state index in [1.807, 2.05) is 6.07 Å². The molecule has 0 radical (unpaired) electrons. The van der Waals surface area contributed by atoms with Gasteiger partial charge in [0.1, 0.15) is 5.75 Å². The third-order valence-electron chi connectivity index (χ3n) is 4.57. The van der Waals surface area contributed by atoms with Gasteiger partial charge in [-0.15, -0.1) is 0 Å². The zero-order valence-corrected chi connectivity index (χ0v) is 12.0. The second-order valence-electron chi connectivity index (χ2n) is 5.93. The van der Waals surface area contributed by atoms with Crippen molar-refractivity contribution in [3.05, 3.63) is 76.9 Å². The van der Waals surface area contributed by atoms with Crippen LogP contribution in [0.15, 0.2) is 54.6 Å². The summed E-state index contributed by atoms with van der Waals surface area (Å²) in [5, 5.41) is 12.3. The minimum absolute atomic E-state index is 0.358. The van der Waals surface area contributed by atoms with Gasteiger partial charge in [0, 0.05) is 0 Å². The molecule has 4 bridgehead atoms. The van der Waals surface area contributed by atoms with Gasteiger partial charge in [0.2, 0.25) is 0 Å². The Balaban J connectivity index is 1.91. The first-order valence-corrected chi connectivity index (χ1v) is 7.61. The van der Waals surface area contributed by atoms with E-state index in [2.05, 4.69) is 42.5 Å². The predicted molar refractivity (Wildman–Crippen MR) is 86.9 cm³/mol. The number of phenols is 1. The van der Waals surface area contributed by atoms with Crippen LogP contribution in [0.3, 0.4) is 0 Å². The molecule has 0 heterocycles. The van der Waals surface area contributed by atoms with E-state index in [4.69, 9.17) is 0 Å². The van der Waals surface area contributed by atoms with E-state index in [0.717, 1.165) is 25.7 Å². The Labute approximate surface area is 124 Å². The summed E-state index contributed by atoms with van der Waals surface area (Å²) in [6.45, 7) is 0. The summed E-state index contributed by atoms with van der Waals surface area (Å²) in [5.41, 5.74) is 5.49. The fourth-order valence-electron chi connectivity index (χ4n) is 3.33. The van der Waals surface area contributed by atoms with Gasteiger partial charge in [-0.25, -0.2) is 0 Å². The summed E-state index contributed by atoms with van der Waals surface area (Å²) in [7, 11) is 0. The Morgan fingerprint density at radius 3 is 1.76 bits per heavy atom. The lowest BCUT2D eigenvalue weighted by Crippen LogP contribution is -1.99. The summed E-state index contributed by atoms with van der Waals surface area (Å²) in [6, 6.07) is 19.3. The van der Waals surface area contributed by atoms with Crippen molar-refractivity contribution < 1.29 is 5.11 Å². The standard InChI is InChI=1S/C20H18O/c21-18-11-12-19-16-7-5-14-1-3-15(4-2-14)6-8-17(10-9-16)20(19)13-18/h1-4,9-13,21H,5-8H2. The molecule has 0 fully saturated rings. The van der Waals surface area contributed by atoms with Gasteiger partial charge >= 0.3 is 0 Å². The topological polar surface area (TPSA) is 20.2 Å². The van der Waals surface area contributed by atoms with Gasteiger partial charge in [-0.05, 0) is 70.8 Å². The molecule has 0 spiro atoms. The van der Waals surface area contributed by atoms with Crippen LogP contribution in [0.4, 0.5) is 0 Å².